The molecule has 82 valence electrons. The van der Waals surface area contributed by atoms with E-state index < -0.39 is 0 Å². The second kappa shape index (κ2) is 4.55. The third-order valence-electron chi connectivity index (χ3n) is 2.98. The monoisotopic (exact) mass is 264 g/mol. The van der Waals surface area contributed by atoms with Gasteiger partial charge in [-0.15, -0.1) is 23.5 Å². The lowest BCUT2D eigenvalue weighted by Gasteiger charge is -2.20. The predicted molar refractivity (Wildman–Crippen MR) is 78.4 cm³/mol. The van der Waals surface area contributed by atoms with E-state index in [1.165, 1.54) is 32.4 Å². The highest BCUT2D eigenvalue weighted by Gasteiger charge is 2.23. The van der Waals surface area contributed by atoms with Crippen LogP contribution in [0, 0.1) is 0 Å². The van der Waals surface area contributed by atoms with Gasteiger partial charge in [0.1, 0.15) is 0 Å². The number of fused-ring (bicyclic) bond motifs is 1. The molecular weight excluding hydrogens is 252 g/mol. The maximum absolute atomic E-state index is 5.63. The predicted octanol–water partition coefficient (Wildman–Crippen LogP) is 4.04. The zero-order chi connectivity index (χ0) is 11.0. The van der Waals surface area contributed by atoms with Crippen molar-refractivity contribution in [1.82, 2.24) is 0 Å². The summed E-state index contributed by atoms with van der Waals surface area (Å²) in [6.45, 7) is 0. The molecule has 1 aliphatic heterocycles. The summed E-state index contributed by atoms with van der Waals surface area (Å²) in [6, 6.07) is 8.58. The van der Waals surface area contributed by atoms with Crippen LogP contribution in [0.15, 0.2) is 34.1 Å². The average Bonchev–Trinajstić information content (AvgIpc) is 2.83. The summed E-state index contributed by atoms with van der Waals surface area (Å²) in [5.41, 5.74) is 4.14. The molecule has 0 nitrogen and oxygen atoms in total. The Hall–Kier alpha value is -0.250. The van der Waals surface area contributed by atoms with Gasteiger partial charge in [-0.2, -0.15) is 0 Å². The van der Waals surface area contributed by atoms with Gasteiger partial charge < -0.3 is 0 Å². The molecule has 16 heavy (non-hydrogen) atoms. The number of benzene rings is 1. The van der Waals surface area contributed by atoms with Crippen molar-refractivity contribution in [3.8, 4) is 0 Å². The maximum Gasteiger partial charge on any atom is 0.0500 e. The van der Waals surface area contributed by atoms with Crippen molar-refractivity contribution >= 4 is 40.6 Å². The molecule has 0 atom stereocenters. The highest BCUT2D eigenvalue weighted by Crippen LogP contribution is 2.42. The van der Waals surface area contributed by atoms with Gasteiger partial charge in [0.15, 0.2) is 0 Å². The van der Waals surface area contributed by atoms with E-state index in [9.17, 15) is 0 Å². The molecule has 0 unspecified atom stereocenters. The Morgan fingerprint density at radius 2 is 1.75 bits per heavy atom. The van der Waals surface area contributed by atoms with Crippen LogP contribution >= 0.6 is 35.7 Å². The summed E-state index contributed by atoms with van der Waals surface area (Å²) in [4.78, 5) is 1.10. The molecule has 1 fully saturated rings. The molecule has 1 aromatic carbocycles. The van der Waals surface area contributed by atoms with Crippen molar-refractivity contribution in [2.24, 2.45) is 0 Å². The summed E-state index contributed by atoms with van der Waals surface area (Å²) in [5, 5.41) is 0. The van der Waals surface area contributed by atoms with Crippen LogP contribution in [-0.4, -0.2) is 16.4 Å². The fourth-order valence-electron chi connectivity index (χ4n) is 2.17. The minimum atomic E-state index is 1.10. The van der Waals surface area contributed by atoms with Gasteiger partial charge in [-0.1, -0.05) is 36.5 Å². The first-order valence-corrected chi connectivity index (χ1v) is 7.85. The Morgan fingerprint density at radius 1 is 1.00 bits per heavy atom. The summed E-state index contributed by atoms with van der Waals surface area (Å²) in [5.74, 6) is 2.49. The van der Waals surface area contributed by atoms with E-state index in [-0.39, 0.29) is 0 Å². The van der Waals surface area contributed by atoms with Gasteiger partial charge in [0.2, 0.25) is 0 Å². The van der Waals surface area contributed by atoms with E-state index in [2.05, 4.69) is 24.3 Å². The second-order valence-electron chi connectivity index (χ2n) is 3.95. The Kier molecular flexibility index (Phi) is 3.09. The van der Waals surface area contributed by atoms with Crippen molar-refractivity contribution < 1.29 is 0 Å². The average molecular weight is 264 g/mol. The maximum atomic E-state index is 5.63. The topological polar surface area (TPSA) is 0 Å². The van der Waals surface area contributed by atoms with E-state index in [0.29, 0.717) is 0 Å². The van der Waals surface area contributed by atoms with Crippen LogP contribution in [0.3, 0.4) is 0 Å². The van der Waals surface area contributed by atoms with Crippen molar-refractivity contribution in [3.05, 3.63) is 45.2 Å². The lowest BCUT2D eigenvalue weighted by Crippen LogP contribution is -2.13. The van der Waals surface area contributed by atoms with E-state index in [4.69, 9.17) is 12.2 Å². The Bertz CT molecular complexity index is 466. The van der Waals surface area contributed by atoms with Gasteiger partial charge in [0, 0.05) is 15.7 Å². The van der Waals surface area contributed by atoms with Crippen LogP contribution in [-0.2, 0) is 6.42 Å². The zero-order valence-electron chi connectivity index (χ0n) is 8.86. The molecule has 0 radical (unpaired) electrons. The normalized spacial score (nSPS) is 20.1. The SMILES string of the molecule is S=C1C(=C2SCCS2)CCc2ccccc21. The van der Waals surface area contributed by atoms with Gasteiger partial charge in [0.05, 0.1) is 4.86 Å². The number of thiocarbonyl (C=S) groups is 1. The van der Waals surface area contributed by atoms with Crippen LogP contribution in [0.25, 0.3) is 0 Å². The smallest absolute Gasteiger partial charge is 0.0500 e. The summed E-state index contributed by atoms with van der Waals surface area (Å²) in [6.07, 6.45) is 2.28. The minimum absolute atomic E-state index is 1.10. The van der Waals surface area contributed by atoms with Crippen LogP contribution < -0.4 is 0 Å². The molecule has 0 spiro atoms. The molecule has 2 aliphatic rings. The standard InChI is InChI=1S/C13H12S3/c14-12-10-4-2-1-3-9(10)5-6-11(12)13-15-7-8-16-13/h1-4H,5-8H2. The molecule has 1 saturated heterocycles. The highest BCUT2D eigenvalue weighted by atomic mass is 32.2. The minimum Gasteiger partial charge on any atom is -0.118 e. The van der Waals surface area contributed by atoms with Gasteiger partial charge in [-0.25, -0.2) is 0 Å². The van der Waals surface area contributed by atoms with E-state index in [1.54, 1.807) is 0 Å². The van der Waals surface area contributed by atoms with Gasteiger partial charge in [-0.3, -0.25) is 0 Å². The quantitative estimate of drug-likeness (QED) is 0.513. The van der Waals surface area contributed by atoms with Crippen molar-refractivity contribution in [3.63, 3.8) is 0 Å². The number of hydrogen-bond donors (Lipinski definition) is 0. The zero-order valence-corrected chi connectivity index (χ0v) is 11.3. The molecular formula is C13H12S3. The third-order valence-corrected chi connectivity index (χ3v) is 6.24. The molecule has 1 heterocycles. The van der Waals surface area contributed by atoms with Gasteiger partial charge in [-0.05, 0) is 29.5 Å². The summed E-state index contributed by atoms with van der Waals surface area (Å²) >= 11 is 9.60. The molecule has 0 N–H and O–H groups in total. The first-order valence-electron chi connectivity index (χ1n) is 5.47. The molecule has 0 saturated carbocycles. The first kappa shape index (κ1) is 10.9. The lowest BCUT2D eigenvalue weighted by molar-refractivity contribution is 0.957. The van der Waals surface area contributed by atoms with Crippen LogP contribution in [0.5, 0.6) is 0 Å². The van der Waals surface area contributed by atoms with E-state index >= 15 is 0 Å². The second-order valence-corrected chi connectivity index (χ2v) is 6.83. The number of thioether (sulfide) groups is 2. The molecule has 3 heteroatoms. The molecule has 1 aromatic rings. The van der Waals surface area contributed by atoms with Crippen molar-refractivity contribution in [1.29, 1.82) is 0 Å². The van der Waals surface area contributed by atoms with Gasteiger partial charge >= 0.3 is 0 Å². The highest BCUT2D eigenvalue weighted by molar-refractivity contribution is 8.25. The van der Waals surface area contributed by atoms with Crippen molar-refractivity contribution in [2.45, 2.75) is 12.8 Å². The molecule has 1 aliphatic carbocycles. The molecule has 0 amide bonds. The number of hydrogen-bond acceptors (Lipinski definition) is 3. The van der Waals surface area contributed by atoms with E-state index in [0.717, 1.165) is 17.7 Å². The lowest BCUT2D eigenvalue weighted by atomic mass is 9.89. The first-order chi connectivity index (χ1) is 7.86. The fraction of sp³-hybridized carbons (Fsp3) is 0.308. The van der Waals surface area contributed by atoms with Crippen LogP contribution in [0.4, 0.5) is 0 Å². The summed E-state index contributed by atoms with van der Waals surface area (Å²) in [7, 11) is 0. The molecule has 0 bridgehead atoms. The van der Waals surface area contributed by atoms with Crippen LogP contribution in [0.1, 0.15) is 17.5 Å². The van der Waals surface area contributed by atoms with Gasteiger partial charge in [0.25, 0.3) is 0 Å². The molecule has 3 rings (SSSR count). The fourth-order valence-corrected chi connectivity index (χ4v) is 5.33. The number of aryl methyl sites for hydroxylation is 1. The third kappa shape index (κ3) is 1.85. The molecule has 0 aromatic heterocycles. The van der Waals surface area contributed by atoms with Crippen molar-refractivity contribution in [2.75, 3.05) is 11.5 Å². The summed E-state index contributed by atoms with van der Waals surface area (Å²) < 4.78 is 1.49. The van der Waals surface area contributed by atoms with E-state index in [1.807, 2.05) is 23.5 Å². The Labute approximate surface area is 110 Å². The Balaban J connectivity index is 2.04. The number of allylic oxidation sites excluding steroid dienone is 1. The van der Waals surface area contributed by atoms with Crippen LogP contribution in [0.2, 0.25) is 0 Å². The largest absolute Gasteiger partial charge is 0.118 e. The Morgan fingerprint density at radius 3 is 2.56 bits per heavy atom. The number of rotatable bonds is 0.